The molecule has 1 saturated heterocycles. The van der Waals surface area contributed by atoms with Gasteiger partial charge in [-0.3, -0.25) is 14.7 Å². The lowest BCUT2D eigenvalue weighted by atomic mass is 10.2. The third-order valence-electron chi connectivity index (χ3n) is 3.50. The lowest BCUT2D eigenvalue weighted by molar-refractivity contribution is -0.141. The molecular weight excluding hydrogens is 256 g/mol. The van der Waals surface area contributed by atoms with E-state index in [4.69, 9.17) is 9.47 Å². The number of carbonyl (C=O) groups is 1. The Bertz CT molecular complexity index is 405. The average molecular weight is 278 g/mol. The van der Waals surface area contributed by atoms with Crippen LogP contribution in [0.1, 0.15) is 24.8 Å². The highest BCUT2D eigenvalue weighted by Crippen LogP contribution is 2.15. The van der Waals surface area contributed by atoms with Crippen molar-refractivity contribution in [3.05, 3.63) is 30.1 Å². The maximum atomic E-state index is 11.3. The largest absolute Gasteiger partial charge is 0.469 e. The molecule has 1 unspecified atom stereocenters. The predicted octanol–water partition coefficient (Wildman–Crippen LogP) is 1.63. The van der Waals surface area contributed by atoms with Crippen molar-refractivity contribution in [3.63, 3.8) is 0 Å². The van der Waals surface area contributed by atoms with Crippen molar-refractivity contribution < 1.29 is 14.3 Å². The molecule has 1 aromatic heterocycles. The second-order valence-corrected chi connectivity index (χ2v) is 5.05. The molecule has 1 aliphatic heterocycles. The zero-order chi connectivity index (χ0) is 14.2. The Balaban J connectivity index is 1.89. The van der Waals surface area contributed by atoms with Crippen LogP contribution in [0.4, 0.5) is 0 Å². The number of hydrogen-bond acceptors (Lipinski definition) is 5. The second-order valence-electron chi connectivity index (χ2n) is 5.05. The predicted molar refractivity (Wildman–Crippen MR) is 75.1 cm³/mol. The molecule has 2 rings (SSSR count). The molecule has 0 saturated carbocycles. The van der Waals surface area contributed by atoms with Crippen molar-refractivity contribution >= 4 is 5.97 Å². The molecule has 1 aliphatic rings. The van der Waals surface area contributed by atoms with Crippen molar-refractivity contribution in [2.24, 2.45) is 0 Å². The minimum Gasteiger partial charge on any atom is -0.469 e. The fourth-order valence-electron chi connectivity index (χ4n) is 2.41. The highest BCUT2D eigenvalue weighted by atomic mass is 16.5. The summed E-state index contributed by atoms with van der Waals surface area (Å²) in [6.45, 7) is 3.21. The fourth-order valence-corrected chi connectivity index (χ4v) is 2.41. The van der Waals surface area contributed by atoms with E-state index in [1.807, 2.05) is 12.1 Å². The summed E-state index contributed by atoms with van der Waals surface area (Å²) in [4.78, 5) is 17.6. The first-order valence-electron chi connectivity index (χ1n) is 7.07. The first kappa shape index (κ1) is 14.9. The first-order valence-corrected chi connectivity index (χ1v) is 7.07. The molecule has 110 valence electrons. The van der Waals surface area contributed by atoms with E-state index in [1.165, 1.54) is 12.7 Å². The Morgan fingerprint density at radius 1 is 1.50 bits per heavy atom. The van der Waals surface area contributed by atoms with E-state index < -0.39 is 0 Å². The van der Waals surface area contributed by atoms with Crippen molar-refractivity contribution in [3.8, 4) is 0 Å². The van der Waals surface area contributed by atoms with Gasteiger partial charge in [0.05, 0.1) is 19.6 Å². The molecular formula is C15H22N2O3. The van der Waals surface area contributed by atoms with E-state index in [0.717, 1.165) is 32.5 Å². The van der Waals surface area contributed by atoms with E-state index >= 15 is 0 Å². The van der Waals surface area contributed by atoms with Crippen molar-refractivity contribution in [2.75, 3.05) is 26.8 Å². The number of methoxy groups -OCH3 is 1. The van der Waals surface area contributed by atoms with E-state index in [0.29, 0.717) is 13.0 Å². The van der Waals surface area contributed by atoms with Crippen LogP contribution >= 0.6 is 0 Å². The summed E-state index contributed by atoms with van der Waals surface area (Å²) in [5.74, 6) is -0.169. The summed E-state index contributed by atoms with van der Waals surface area (Å²) < 4.78 is 10.4. The van der Waals surface area contributed by atoms with Gasteiger partial charge in [0.1, 0.15) is 0 Å². The number of hydrogen-bond donors (Lipinski definition) is 0. The fraction of sp³-hybridized carbons (Fsp3) is 0.600. The van der Waals surface area contributed by atoms with Gasteiger partial charge in [0.2, 0.25) is 0 Å². The van der Waals surface area contributed by atoms with E-state index in [1.54, 1.807) is 12.4 Å². The van der Waals surface area contributed by atoms with Gasteiger partial charge in [-0.05, 0) is 30.5 Å². The average Bonchev–Trinajstić information content (AvgIpc) is 2.98. The zero-order valence-electron chi connectivity index (χ0n) is 12.0. The van der Waals surface area contributed by atoms with Gasteiger partial charge in [0, 0.05) is 38.6 Å². The molecule has 1 fully saturated rings. The third kappa shape index (κ3) is 4.90. The zero-order valence-corrected chi connectivity index (χ0v) is 12.0. The summed E-state index contributed by atoms with van der Waals surface area (Å²) in [7, 11) is 1.43. The number of pyridine rings is 1. The highest BCUT2D eigenvalue weighted by molar-refractivity contribution is 5.69. The topological polar surface area (TPSA) is 51.7 Å². The summed E-state index contributed by atoms with van der Waals surface area (Å²) >= 11 is 0. The summed E-state index contributed by atoms with van der Waals surface area (Å²) in [6, 6.07) is 4.00. The van der Waals surface area contributed by atoms with Gasteiger partial charge in [0.15, 0.2) is 0 Å². The molecule has 1 atom stereocenters. The molecule has 0 N–H and O–H groups in total. The molecule has 0 spiro atoms. The maximum absolute atomic E-state index is 11.3. The number of ether oxygens (including phenoxy) is 2. The van der Waals surface area contributed by atoms with Crippen LogP contribution in [0.25, 0.3) is 0 Å². The van der Waals surface area contributed by atoms with Gasteiger partial charge >= 0.3 is 5.97 Å². The maximum Gasteiger partial charge on any atom is 0.306 e. The number of esters is 1. The minimum absolute atomic E-state index is 0.169. The summed E-state index contributed by atoms with van der Waals surface area (Å²) in [5, 5.41) is 0. The molecule has 0 bridgehead atoms. The Labute approximate surface area is 119 Å². The SMILES string of the molecule is COC(=O)CCN(Cc1ccncc1)CC1CCCO1. The van der Waals surface area contributed by atoms with Gasteiger partial charge in [-0.2, -0.15) is 0 Å². The molecule has 5 nitrogen and oxygen atoms in total. The van der Waals surface area contributed by atoms with Gasteiger partial charge in [0.25, 0.3) is 0 Å². The normalized spacial score (nSPS) is 18.4. The standard InChI is InChI=1S/C15H22N2O3/c1-19-15(18)6-9-17(12-14-3-2-10-20-14)11-13-4-7-16-8-5-13/h4-5,7-8,14H,2-3,6,9-12H2,1H3. The Morgan fingerprint density at radius 2 is 2.30 bits per heavy atom. The first-order chi connectivity index (χ1) is 9.78. The third-order valence-corrected chi connectivity index (χ3v) is 3.50. The highest BCUT2D eigenvalue weighted by Gasteiger charge is 2.20. The molecule has 2 heterocycles. The van der Waals surface area contributed by atoms with Crippen LogP contribution in [0, 0.1) is 0 Å². The Kier molecular flexibility index (Phi) is 5.95. The molecule has 0 amide bonds. The van der Waals surface area contributed by atoms with E-state index in [-0.39, 0.29) is 12.1 Å². The molecule has 0 aliphatic carbocycles. The van der Waals surface area contributed by atoms with Gasteiger partial charge in [-0.25, -0.2) is 0 Å². The van der Waals surface area contributed by atoms with Crippen LogP contribution in [-0.4, -0.2) is 48.8 Å². The van der Waals surface area contributed by atoms with Gasteiger partial charge in [-0.15, -0.1) is 0 Å². The number of aromatic nitrogens is 1. The molecule has 0 radical (unpaired) electrons. The van der Waals surface area contributed by atoms with Crippen molar-refractivity contribution in [1.29, 1.82) is 0 Å². The molecule has 1 aromatic rings. The summed E-state index contributed by atoms with van der Waals surface area (Å²) in [6.07, 6.45) is 6.51. The van der Waals surface area contributed by atoms with Gasteiger partial charge in [-0.1, -0.05) is 0 Å². The quantitative estimate of drug-likeness (QED) is 0.709. The lowest BCUT2D eigenvalue weighted by Gasteiger charge is -2.24. The lowest BCUT2D eigenvalue weighted by Crippen LogP contribution is -2.33. The van der Waals surface area contributed by atoms with Crippen LogP contribution in [0.3, 0.4) is 0 Å². The smallest absolute Gasteiger partial charge is 0.306 e. The molecule has 20 heavy (non-hydrogen) atoms. The second kappa shape index (κ2) is 7.97. The molecule has 0 aromatic carbocycles. The number of rotatable bonds is 7. The van der Waals surface area contributed by atoms with Crippen LogP contribution in [0.5, 0.6) is 0 Å². The molecule has 5 heteroatoms. The van der Waals surface area contributed by atoms with Crippen LogP contribution in [0.15, 0.2) is 24.5 Å². The van der Waals surface area contributed by atoms with Crippen molar-refractivity contribution in [1.82, 2.24) is 9.88 Å². The van der Waals surface area contributed by atoms with E-state index in [9.17, 15) is 4.79 Å². The number of carbonyl (C=O) groups excluding carboxylic acids is 1. The monoisotopic (exact) mass is 278 g/mol. The van der Waals surface area contributed by atoms with Crippen LogP contribution < -0.4 is 0 Å². The van der Waals surface area contributed by atoms with Crippen LogP contribution in [0.2, 0.25) is 0 Å². The minimum atomic E-state index is -0.169. The number of nitrogens with zero attached hydrogens (tertiary/aromatic N) is 2. The van der Waals surface area contributed by atoms with Crippen molar-refractivity contribution in [2.45, 2.75) is 31.9 Å². The van der Waals surface area contributed by atoms with Gasteiger partial charge < -0.3 is 9.47 Å². The Morgan fingerprint density at radius 3 is 2.95 bits per heavy atom. The summed E-state index contributed by atoms with van der Waals surface area (Å²) in [5.41, 5.74) is 1.20. The Hall–Kier alpha value is -1.46. The van der Waals surface area contributed by atoms with E-state index in [2.05, 4.69) is 9.88 Å². The van der Waals surface area contributed by atoms with Crippen LogP contribution in [-0.2, 0) is 20.8 Å².